The lowest BCUT2D eigenvalue weighted by Crippen LogP contribution is -1.90. The van der Waals surface area contributed by atoms with Crippen LogP contribution in [-0.2, 0) is 12.8 Å². The first-order chi connectivity index (χ1) is 6.38. The van der Waals surface area contributed by atoms with Gasteiger partial charge < -0.3 is 0 Å². The number of benzene rings is 1. The van der Waals surface area contributed by atoms with Gasteiger partial charge in [0.2, 0.25) is 0 Å². The van der Waals surface area contributed by atoms with Gasteiger partial charge in [0.15, 0.2) is 0 Å². The predicted octanol–water partition coefficient (Wildman–Crippen LogP) is 4.11. The summed E-state index contributed by atoms with van der Waals surface area (Å²) < 4.78 is 1.37. The summed E-state index contributed by atoms with van der Waals surface area (Å²) in [7, 11) is 0. The molecule has 0 spiro atoms. The highest BCUT2D eigenvalue weighted by Gasteiger charge is 2.07. The van der Waals surface area contributed by atoms with E-state index in [1.165, 1.54) is 54.1 Å². The highest BCUT2D eigenvalue weighted by Crippen LogP contribution is 2.26. The first-order valence-corrected chi connectivity index (χ1v) is 5.93. The molecule has 0 radical (unpaired) electrons. The predicted molar refractivity (Wildman–Crippen MR) is 60.0 cm³/mol. The highest BCUT2D eigenvalue weighted by atomic mass is 79.9. The van der Waals surface area contributed by atoms with Crippen molar-refractivity contribution in [1.29, 1.82) is 0 Å². The average Bonchev–Trinajstić information content (AvgIpc) is 2.21. The molecule has 1 heteroatoms. The van der Waals surface area contributed by atoms with E-state index >= 15 is 0 Å². The Labute approximate surface area is 88.5 Å². The zero-order valence-corrected chi connectivity index (χ0v) is 9.44. The van der Waals surface area contributed by atoms with Crippen LogP contribution < -0.4 is 0 Å². The van der Waals surface area contributed by atoms with E-state index in [9.17, 15) is 0 Å². The van der Waals surface area contributed by atoms with Gasteiger partial charge in [0.1, 0.15) is 0 Å². The van der Waals surface area contributed by atoms with E-state index in [4.69, 9.17) is 0 Å². The van der Waals surface area contributed by atoms with E-state index in [-0.39, 0.29) is 0 Å². The smallest absolute Gasteiger partial charge is 0.0239 e. The van der Waals surface area contributed by atoms with Gasteiger partial charge in [-0.2, -0.15) is 0 Å². The first kappa shape index (κ1) is 9.26. The maximum absolute atomic E-state index is 3.71. The van der Waals surface area contributed by atoms with E-state index in [0.29, 0.717) is 0 Å². The average molecular weight is 239 g/mol. The van der Waals surface area contributed by atoms with E-state index in [0.717, 1.165) is 0 Å². The van der Waals surface area contributed by atoms with Crippen LogP contribution in [0, 0.1) is 0 Å². The van der Waals surface area contributed by atoms with Crippen LogP contribution in [-0.4, -0.2) is 0 Å². The molecular formula is C12H15Br. The zero-order valence-electron chi connectivity index (χ0n) is 7.85. The second-order valence-electron chi connectivity index (χ2n) is 3.80. The van der Waals surface area contributed by atoms with Gasteiger partial charge in [-0.25, -0.2) is 0 Å². The fraction of sp³-hybridized carbons (Fsp3) is 0.500. The van der Waals surface area contributed by atoms with Crippen molar-refractivity contribution in [3.63, 3.8) is 0 Å². The molecule has 2 rings (SSSR count). The van der Waals surface area contributed by atoms with Crippen LogP contribution >= 0.6 is 15.9 Å². The van der Waals surface area contributed by atoms with Crippen LogP contribution in [0.5, 0.6) is 0 Å². The molecule has 0 atom stereocenters. The SMILES string of the molecule is Brc1c2cccc1CCCCCC2. The summed E-state index contributed by atoms with van der Waals surface area (Å²) in [4.78, 5) is 0. The zero-order chi connectivity index (χ0) is 9.10. The van der Waals surface area contributed by atoms with Gasteiger partial charge in [-0.15, -0.1) is 0 Å². The summed E-state index contributed by atoms with van der Waals surface area (Å²) in [5, 5.41) is 0. The summed E-state index contributed by atoms with van der Waals surface area (Å²) in [5.41, 5.74) is 3.00. The summed E-state index contributed by atoms with van der Waals surface area (Å²) in [6, 6.07) is 6.69. The summed E-state index contributed by atoms with van der Waals surface area (Å²) in [5.74, 6) is 0. The Morgan fingerprint density at radius 1 is 0.846 bits per heavy atom. The largest absolute Gasteiger partial charge is 0.0616 e. The first-order valence-electron chi connectivity index (χ1n) is 5.14. The molecular weight excluding hydrogens is 224 g/mol. The molecule has 0 amide bonds. The third kappa shape index (κ3) is 2.14. The molecule has 0 fully saturated rings. The van der Waals surface area contributed by atoms with Gasteiger partial charge in [-0.05, 0) is 36.8 Å². The topological polar surface area (TPSA) is 0 Å². The molecule has 70 valence electrons. The number of rotatable bonds is 0. The van der Waals surface area contributed by atoms with Gasteiger partial charge in [0.05, 0.1) is 0 Å². The second-order valence-corrected chi connectivity index (χ2v) is 4.60. The van der Waals surface area contributed by atoms with Crippen molar-refractivity contribution in [2.24, 2.45) is 0 Å². The Bertz CT molecular complexity index is 265. The lowest BCUT2D eigenvalue weighted by Gasteiger charge is -2.06. The molecule has 2 bridgehead atoms. The Hall–Kier alpha value is -0.300. The molecule has 0 saturated heterocycles. The van der Waals surface area contributed by atoms with Gasteiger partial charge in [0, 0.05) is 4.47 Å². The molecule has 0 aromatic heterocycles. The summed E-state index contributed by atoms with van der Waals surface area (Å²) >= 11 is 3.71. The van der Waals surface area contributed by atoms with Gasteiger partial charge in [0.25, 0.3) is 0 Å². The van der Waals surface area contributed by atoms with Crippen LogP contribution in [0.15, 0.2) is 22.7 Å². The molecule has 0 heterocycles. The van der Waals surface area contributed by atoms with Crippen LogP contribution in [0.3, 0.4) is 0 Å². The minimum absolute atomic E-state index is 1.24. The number of aryl methyl sites for hydroxylation is 2. The molecule has 1 aliphatic carbocycles. The molecule has 0 aliphatic heterocycles. The quantitative estimate of drug-likeness (QED) is 0.639. The maximum atomic E-state index is 3.71. The summed E-state index contributed by atoms with van der Waals surface area (Å²) in [6.45, 7) is 0. The molecule has 0 unspecified atom stereocenters. The number of hydrogen-bond acceptors (Lipinski definition) is 0. The second kappa shape index (κ2) is 4.28. The monoisotopic (exact) mass is 238 g/mol. The Morgan fingerprint density at radius 2 is 1.38 bits per heavy atom. The minimum atomic E-state index is 1.24. The Morgan fingerprint density at radius 3 is 1.92 bits per heavy atom. The standard InChI is InChI=1S/C12H15Br/c13-12-10-6-3-1-2-4-7-11(12)9-5-8-10/h5,8-9H,1-4,6-7H2. The minimum Gasteiger partial charge on any atom is -0.0616 e. The van der Waals surface area contributed by atoms with Crippen LogP contribution in [0.25, 0.3) is 0 Å². The Balaban J connectivity index is 2.33. The molecule has 13 heavy (non-hydrogen) atoms. The van der Waals surface area contributed by atoms with E-state index in [2.05, 4.69) is 34.1 Å². The fourth-order valence-electron chi connectivity index (χ4n) is 2.00. The lowest BCUT2D eigenvalue weighted by molar-refractivity contribution is 0.649. The lowest BCUT2D eigenvalue weighted by atomic mass is 10.1. The van der Waals surface area contributed by atoms with Crippen molar-refractivity contribution in [2.45, 2.75) is 38.5 Å². The van der Waals surface area contributed by atoms with Crippen molar-refractivity contribution in [1.82, 2.24) is 0 Å². The van der Waals surface area contributed by atoms with Crippen LogP contribution in [0.1, 0.15) is 36.8 Å². The van der Waals surface area contributed by atoms with Crippen molar-refractivity contribution in [3.05, 3.63) is 33.8 Å². The molecule has 1 aromatic carbocycles. The van der Waals surface area contributed by atoms with E-state index in [1.807, 2.05) is 0 Å². The molecule has 1 aromatic rings. The van der Waals surface area contributed by atoms with Crippen molar-refractivity contribution >= 4 is 15.9 Å². The van der Waals surface area contributed by atoms with Crippen molar-refractivity contribution in [3.8, 4) is 0 Å². The maximum Gasteiger partial charge on any atom is 0.0239 e. The van der Waals surface area contributed by atoms with Crippen LogP contribution in [0.2, 0.25) is 0 Å². The van der Waals surface area contributed by atoms with E-state index < -0.39 is 0 Å². The number of halogens is 1. The van der Waals surface area contributed by atoms with E-state index in [1.54, 1.807) is 0 Å². The van der Waals surface area contributed by atoms with Gasteiger partial charge in [-0.3, -0.25) is 0 Å². The van der Waals surface area contributed by atoms with Gasteiger partial charge in [-0.1, -0.05) is 47.0 Å². The normalized spacial score (nSPS) is 17.3. The Kier molecular flexibility index (Phi) is 3.05. The van der Waals surface area contributed by atoms with Crippen molar-refractivity contribution in [2.75, 3.05) is 0 Å². The van der Waals surface area contributed by atoms with Crippen LogP contribution in [0.4, 0.5) is 0 Å². The highest BCUT2D eigenvalue weighted by molar-refractivity contribution is 9.10. The van der Waals surface area contributed by atoms with Crippen molar-refractivity contribution < 1.29 is 0 Å². The number of hydrogen-bond donors (Lipinski definition) is 0. The molecule has 0 saturated carbocycles. The molecule has 1 aliphatic rings. The number of fused-ring (bicyclic) bond motifs is 2. The molecule has 0 nitrogen and oxygen atoms in total. The molecule has 0 N–H and O–H groups in total. The fourth-order valence-corrected chi connectivity index (χ4v) is 2.66. The third-order valence-electron chi connectivity index (χ3n) is 2.80. The third-order valence-corrected chi connectivity index (χ3v) is 3.82. The van der Waals surface area contributed by atoms with Gasteiger partial charge >= 0.3 is 0 Å². The summed E-state index contributed by atoms with van der Waals surface area (Å²) in [6.07, 6.45) is 7.97.